The number of para-hydroxylation sites is 1. The van der Waals surface area contributed by atoms with Crippen LogP contribution in [-0.4, -0.2) is 24.4 Å². The van der Waals surface area contributed by atoms with E-state index in [0.29, 0.717) is 18.0 Å². The molecule has 1 atom stereocenters. The molecule has 0 saturated carbocycles. The highest BCUT2D eigenvalue weighted by Crippen LogP contribution is 2.16. The van der Waals surface area contributed by atoms with Gasteiger partial charge in [0.2, 0.25) is 0 Å². The minimum Gasteiger partial charge on any atom is -0.491 e. The maximum atomic E-state index is 13.1. The Morgan fingerprint density at radius 3 is 2.70 bits per heavy atom. The van der Waals surface area contributed by atoms with Gasteiger partial charge in [0.1, 0.15) is 24.3 Å². The summed E-state index contributed by atoms with van der Waals surface area (Å²) in [6.45, 7) is 2.37. The summed E-state index contributed by atoms with van der Waals surface area (Å²) in [5.41, 5.74) is 1.62. The van der Waals surface area contributed by atoms with Gasteiger partial charge in [-0.3, -0.25) is 0 Å². The number of anilines is 1. The molecule has 0 aliphatic carbocycles. The smallest absolute Gasteiger partial charge is 0.125 e. The van der Waals surface area contributed by atoms with Crippen molar-refractivity contribution in [3.63, 3.8) is 0 Å². The number of rotatable bonds is 6. The van der Waals surface area contributed by atoms with Crippen LogP contribution in [0.25, 0.3) is 0 Å². The van der Waals surface area contributed by atoms with Gasteiger partial charge in [-0.2, -0.15) is 0 Å². The molecule has 3 nitrogen and oxygen atoms in total. The third kappa shape index (κ3) is 4.24. The van der Waals surface area contributed by atoms with Crippen molar-refractivity contribution in [2.45, 2.75) is 13.0 Å². The molecule has 2 rings (SSSR count). The van der Waals surface area contributed by atoms with Gasteiger partial charge in [0.05, 0.1) is 0 Å². The number of aryl methyl sites for hydroxylation is 1. The standard InChI is InChI=1S/C16H18FNO2/c1-12-7-8-13(17)9-16(12)18-10-14(19)11-20-15-5-3-2-4-6-15/h2-9,14,18-19H,10-11H2,1H3. The number of hydrogen-bond acceptors (Lipinski definition) is 3. The predicted octanol–water partition coefficient (Wildman–Crippen LogP) is 2.99. The van der Waals surface area contributed by atoms with Crippen LogP contribution in [0.4, 0.5) is 10.1 Å². The van der Waals surface area contributed by atoms with E-state index in [1.165, 1.54) is 12.1 Å². The average molecular weight is 275 g/mol. The van der Waals surface area contributed by atoms with Crippen molar-refractivity contribution in [2.75, 3.05) is 18.5 Å². The van der Waals surface area contributed by atoms with Crippen molar-refractivity contribution in [3.05, 3.63) is 59.9 Å². The molecule has 2 N–H and O–H groups in total. The number of nitrogens with one attached hydrogen (secondary N) is 1. The molecule has 1 unspecified atom stereocenters. The van der Waals surface area contributed by atoms with E-state index < -0.39 is 6.10 Å². The molecular formula is C16H18FNO2. The molecule has 0 saturated heterocycles. The van der Waals surface area contributed by atoms with Crippen LogP contribution >= 0.6 is 0 Å². The minimum absolute atomic E-state index is 0.186. The quantitative estimate of drug-likeness (QED) is 0.851. The van der Waals surface area contributed by atoms with Crippen LogP contribution in [0.5, 0.6) is 5.75 Å². The summed E-state index contributed by atoms with van der Waals surface area (Å²) in [4.78, 5) is 0. The van der Waals surface area contributed by atoms with Crippen molar-refractivity contribution >= 4 is 5.69 Å². The fourth-order valence-electron chi connectivity index (χ4n) is 1.78. The van der Waals surface area contributed by atoms with Gasteiger partial charge in [0.15, 0.2) is 0 Å². The summed E-state index contributed by atoms with van der Waals surface area (Å²) in [7, 11) is 0. The Kier molecular flexibility index (Phi) is 4.96. The monoisotopic (exact) mass is 275 g/mol. The number of aliphatic hydroxyl groups is 1. The van der Waals surface area contributed by atoms with Crippen molar-refractivity contribution in [2.24, 2.45) is 0 Å². The summed E-state index contributed by atoms with van der Waals surface area (Å²) >= 11 is 0. The lowest BCUT2D eigenvalue weighted by Gasteiger charge is -2.15. The lowest BCUT2D eigenvalue weighted by Crippen LogP contribution is -2.26. The van der Waals surface area contributed by atoms with Gasteiger partial charge in [-0.25, -0.2) is 4.39 Å². The first-order valence-corrected chi connectivity index (χ1v) is 6.51. The SMILES string of the molecule is Cc1ccc(F)cc1NCC(O)COc1ccccc1. The van der Waals surface area contributed by atoms with Crippen LogP contribution in [0.2, 0.25) is 0 Å². The molecule has 0 bridgehead atoms. The van der Waals surface area contributed by atoms with E-state index in [9.17, 15) is 9.50 Å². The van der Waals surface area contributed by atoms with Crippen LogP contribution in [0.3, 0.4) is 0 Å². The summed E-state index contributed by atoms with van der Waals surface area (Å²) in [6.07, 6.45) is -0.669. The Labute approximate surface area is 118 Å². The first kappa shape index (κ1) is 14.3. The number of ether oxygens (including phenoxy) is 1. The Balaban J connectivity index is 1.80. The zero-order valence-electron chi connectivity index (χ0n) is 11.3. The maximum Gasteiger partial charge on any atom is 0.125 e. The number of benzene rings is 2. The van der Waals surface area contributed by atoms with E-state index in [1.807, 2.05) is 37.3 Å². The van der Waals surface area contributed by atoms with Crippen LogP contribution < -0.4 is 10.1 Å². The molecule has 0 aromatic heterocycles. The van der Waals surface area contributed by atoms with E-state index >= 15 is 0 Å². The first-order chi connectivity index (χ1) is 9.65. The molecule has 2 aromatic rings. The van der Waals surface area contributed by atoms with E-state index in [2.05, 4.69) is 5.32 Å². The fourth-order valence-corrected chi connectivity index (χ4v) is 1.78. The normalized spacial score (nSPS) is 11.9. The molecule has 0 radical (unpaired) electrons. The molecule has 0 heterocycles. The molecular weight excluding hydrogens is 257 g/mol. The third-order valence-electron chi connectivity index (χ3n) is 2.91. The Hall–Kier alpha value is -2.07. The summed E-state index contributed by atoms with van der Waals surface area (Å²) in [5, 5.41) is 12.9. The van der Waals surface area contributed by atoms with E-state index in [1.54, 1.807) is 6.07 Å². The van der Waals surface area contributed by atoms with E-state index in [4.69, 9.17) is 4.74 Å². The van der Waals surface area contributed by atoms with Crippen LogP contribution in [0.1, 0.15) is 5.56 Å². The van der Waals surface area contributed by atoms with Gasteiger partial charge >= 0.3 is 0 Å². The maximum absolute atomic E-state index is 13.1. The zero-order chi connectivity index (χ0) is 14.4. The number of aliphatic hydroxyl groups excluding tert-OH is 1. The lowest BCUT2D eigenvalue weighted by atomic mass is 10.2. The molecule has 0 fully saturated rings. The highest BCUT2D eigenvalue weighted by atomic mass is 19.1. The Bertz CT molecular complexity index is 545. The van der Waals surface area contributed by atoms with Crippen molar-refractivity contribution in [1.82, 2.24) is 0 Å². The number of halogens is 1. The first-order valence-electron chi connectivity index (χ1n) is 6.51. The van der Waals surface area contributed by atoms with Gasteiger partial charge in [0.25, 0.3) is 0 Å². The molecule has 2 aromatic carbocycles. The highest BCUT2D eigenvalue weighted by molar-refractivity contribution is 5.50. The van der Waals surface area contributed by atoms with Crippen molar-refractivity contribution < 1.29 is 14.2 Å². The topological polar surface area (TPSA) is 41.5 Å². The van der Waals surface area contributed by atoms with Gasteiger partial charge in [-0.15, -0.1) is 0 Å². The van der Waals surface area contributed by atoms with Crippen molar-refractivity contribution in [3.8, 4) is 5.75 Å². The van der Waals surface area contributed by atoms with E-state index in [0.717, 1.165) is 5.56 Å². The summed E-state index contributed by atoms with van der Waals surface area (Å²) in [5.74, 6) is 0.418. The second-order valence-corrected chi connectivity index (χ2v) is 4.62. The second kappa shape index (κ2) is 6.91. The highest BCUT2D eigenvalue weighted by Gasteiger charge is 2.07. The molecule has 0 spiro atoms. The van der Waals surface area contributed by atoms with Crippen LogP contribution in [0, 0.1) is 12.7 Å². The largest absolute Gasteiger partial charge is 0.491 e. The minimum atomic E-state index is -0.669. The van der Waals surface area contributed by atoms with E-state index in [-0.39, 0.29) is 12.4 Å². The predicted molar refractivity (Wildman–Crippen MR) is 77.6 cm³/mol. The molecule has 20 heavy (non-hydrogen) atoms. The zero-order valence-corrected chi connectivity index (χ0v) is 11.3. The van der Waals surface area contributed by atoms with Crippen LogP contribution in [-0.2, 0) is 0 Å². The van der Waals surface area contributed by atoms with Gasteiger partial charge in [-0.05, 0) is 36.8 Å². The fraction of sp³-hybridized carbons (Fsp3) is 0.250. The summed E-state index contributed by atoms with van der Waals surface area (Å²) < 4.78 is 18.6. The third-order valence-corrected chi connectivity index (χ3v) is 2.91. The molecule has 0 aliphatic rings. The molecule has 4 heteroatoms. The molecule has 106 valence electrons. The lowest BCUT2D eigenvalue weighted by molar-refractivity contribution is 0.117. The Morgan fingerprint density at radius 2 is 1.95 bits per heavy atom. The van der Waals surface area contributed by atoms with Gasteiger partial charge in [0, 0.05) is 12.2 Å². The second-order valence-electron chi connectivity index (χ2n) is 4.62. The van der Waals surface area contributed by atoms with Gasteiger partial charge in [-0.1, -0.05) is 24.3 Å². The average Bonchev–Trinajstić information content (AvgIpc) is 2.47. The number of hydrogen-bond donors (Lipinski definition) is 2. The molecule has 0 aliphatic heterocycles. The molecule has 0 amide bonds. The summed E-state index contributed by atoms with van der Waals surface area (Å²) in [6, 6.07) is 13.8. The van der Waals surface area contributed by atoms with Crippen LogP contribution in [0.15, 0.2) is 48.5 Å². The van der Waals surface area contributed by atoms with Gasteiger partial charge < -0.3 is 15.2 Å². The Morgan fingerprint density at radius 1 is 1.20 bits per heavy atom. The van der Waals surface area contributed by atoms with Crippen molar-refractivity contribution in [1.29, 1.82) is 0 Å².